The molecule has 3 aromatic rings. The predicted octanol–water partition coefficient (Wildman–Crippen LogP) is 6.86. The first-order chi connectivity index (χ1) is 19.0. The van der Waals surface area contributed by atoms with Gasteiger partial charge in [0.2, 0.25) is 0 Å². The van der Waals surface area contributed by atoms with Crippen LogP contribution in [-0.4, -0.2) is 60.2 Å². The fourth-order valence-corrected chi connectivity index (χ4v) is 4.93. The zero-order valence-corrected chi connectivity index (χ0v) is 23.6. The molecule has 3 aromatic carbocycles. The van der Waals surface area contributed by atoms with Crippen LogP contribution in [0.4, 0.5) is 10.5 Å². The Kier molecular flexibility index (Phi) is 13.0. The Hall–Kier alpha value is -3.20. The Morgan fingerprint density at radius 1 is 0.974 bits per heavy atom. The van der Waals surface area contributed by atoms with Gasteiger partial charge in [-0.15, -0.1) is 11.8 Å². The highest BCUT2D eigenvalue weighted by Crippen LogP contribution is 2.22. The lowest BCUT2D eigenvalue weighted by atomic mass is 10.1. The van der Waals surface area contributed by atoms with Crippen molar-refractivity contribution in [3.63, 3.8) is 0 Å². The van der Waals surface area contributed by atoms with Crippen LogP contribution < -0.4 is 10.1 Å². The molecular formula is C30H35ClN2O5S. The van der Waals surface area contributed by atoms with Crippen molar-refractivity contribution in [2.24, 2.45) is 0 Å². The molecule has 0 aliphatic heterocycles. The first-order valence-corrected chi connectivity index (χ1v) is 14.4. The number of nitrogens with zero attached hydrogens (tertiary/aromatic N) is 1. The van der Waals surface area contributed by atoms with Crippen LogP contribution in [-0.2, 0) is 16.0 Å². The Bertz CT molecular complexity index is 1160. The second-order valence-corrected chi connectivity index (χ2v) is 10.3. The van der Waals surface area contributed by atoms with Gasteiger partial charge in [0.15, 0.2) is 6.10 Å². The Balaban J connectivity index is 1.51. The average molecular weight is 571 g/mol. The summed E-state index contributed by atoms with van der Waals surface area (Å²) in [6, 6.07) is 24.5. The monoisotopic (exact) mass is 570 g/mol. The molecule has 0 heterocycles. The van der Waals surface area contributed by atoms with Crippen LogP contribution in [0.15, 0.2) is 83.8 Å². The summed E-state index contributed by atoms with van der Waals surface area (Å²) in [4.78, 5) is 27.4. The minimum Gasteiger partial charge on any atom is -0.492 e. The summed E-state index contributed by atoms with van der Waals surface area (Å²) >= 11 is 8.05. The number of rotatable bonds is 16. The summed E-state index contributed by atoms with van der Waals surface area (Å²) in [5, 5.41) is 12.7. The summed E-state index contributed by atoms with van der Waals surface area (Å²) < 4.78 is 11.2. The van der Waals surface area contributed by atoms with Gasteiger partial charge in [-0.25, -0.2) is 9.59 Å². The van der Waals surface area contributed by atoms with Crippen molar-refractivity contribution in [1.29, 1.82) is 0 Å². The van der Waals surface area contributed by atoms with Crippen LogP contribution in [0.25, 0.3) is 0 Å². The fourth-order valence-electron chi connectivity index (χ4n) is 3.81. The largest absolute Gasteiger partial charge is 0.492 e. The van der Waals surface area contributed by atoms with Crippen LogP contribution in [0.1, 0.15) is 25.3 Å². The number of hydrogen-bond acceptors (Lipinski definition) is 5. The molecule has 7 nitrogen and oxygen atoms in total. The van der Waals surface area contributed by atoms with E-state index in [1.165, 1.54) is 4.90 Å². The Morgan fingerprint density at radius 3 is 2.38 bits per heavy atom. The number of carboxylic acid groups (broad SMARTS) is 1. The van der Waals surface area contributed by atoms with Crippen LogP contribution in [0, 0.1) is 0 Å². The number of unbranched alkanes of at least 4 members (excludes halogenated alkanes) is 1. The molecule has 0 aliphatic rings. The predicted molar refractivity (Wildman–Crippen MR) is 157 cm³/mol. The lowest BCUT2D eigenvalue weighted by Gasteiger charge is -2.23. The van der Waals surface area contributed by atoms with E-state index >= 15 is 0 Å². The molecule has 0 aliphatic carbocycles. The molecule has 0 fully saturated rings. The van der Waals surface area contributed by atoms with Gasteiger partial charge in [-0.1, -0.05) is 54.1 Å². The van der Waals surface area contributed by atoms with Gasteiger partial charge in [-0.05, 0) is 67.5 Å². The van der Waals surface area contributed by atoms with Gasteiger partial charge in [0, 0.05) is 24.5 Å². The lowest BCUT2D eigenvalue weighted by molar-refractivity contribution is -0.149. The number of halogens is 1. The minimum absolute atomic E-state index is 0.228. The molecule has 208 valence electrons. The molecule has 2 N–H and O–H groups in total. The minimum atomic E-state index is -0.981. The number of para-hydroxylation sites is 1. The summed E-state index contributed by atoms with van der Waals surface area (Å²) in [5.74, 6) is 0.637. The highest BCUT2D eigenvalue weighted by atomic mass is 35.5. The molecule has 3 rings (SSSR count). The van der Waals surface area contributed by atoms with Crippen LogP contribution >= 0.6 is 23.4 Å². The van der Waals surface area contributed by atoms with E-state index in [1.807, 2.05) is 54.2 Å². The number of carbonyl (C=O) groups excluding carboxylic acids is 1. The van der Waals surface area contributed by atoms with Gasteiger partial charge in [0.1, 0.15) is 12.4 Å². The molecular weight excluding hydrogens is 536 g/mol. The number of urea groups is 1. The molecule has 0 saturated heterocycles. The number of amides is 2. The van der Waals surface area contributed by atoms with Crippen LogP contribution in [0.2, 0.25) is 5.02 Å². The Morgan fingerprint density at radius 2 is 1.69 bits per heavy atom. The van der Waals surface area contributed by atoms with Crippen molar-refractivity contribution in [1.82, 2.24) is 4.90 Å². The van der Waals surface area contributed by atoms with Crippen molar-refractivity contribution in [2.75, 3.05) is 37.4 Å². The number of aliphatic carboxylic acids is 1. The highest BCUT2D eigenvalue weighted by Gasteiger charge is 2.18. The SMILES string of the molecule is CCOC(Cc1ccc(OCCN(CCCCSc2ccccc2)C(=O)Nc2ccccc2Cl)cc1)C(=O)O. The van der Waals surface area contributed by atoms with Gasteiger partial charge in [-0.3, -0.25) is 0 Å². The third-order valence-electron chi connectivity index (χ3n) is 5.85. The smallest absolute Gasteiger partial charge is 0.333 e. The number of anilines is 1. The van der Waals surface area contributed by atoms with Crippen molar-refractivity contribution in [3.8, 4) is 5.75 Å². The molecule has 1 unspecified atom stereocenters. The standard InChI is InChI=1S/C30H35ClN2O5S/c1-2-37-28(29(34)35)22-23-14-16-24(17-15-23)38-20-19-33(30(36)32-27-13-7-6-12-26(27)31)18-8-9-21-39-25-10-4-3-5-11-25/h3-7,10-17,28H,2,8-9,18-22H2,1H3,(H,32,36)(H,34,35). The van der Waals surface area contributed by atoms with E-state index in [9.17, 15) is 14.7 Å². The number of ether oxygens (including phenoxy) is 2. The van der Waals surface area contributed by atoms with E-state index in [2.05, 4.69) is 17.4 Å². The van der Waals surface area contributed by atoms with E-state index in [4.69, 9.17) is 21.1 Å². The van der Waals surface area contributed by atoms with E-state index in [0.717, 1.165) is 24.2 Å². The fraction of sp³-hybridized carbons (Fsp3) is 0.333. The van der Waals surface area contributed by atoms with Crippen molar-refractivity contribution in [2.45, 2.75) is 37.2 Å². The molecule has 9 heteroatoms. The summed E-state index contributed by atoms with van der Waals surface area (Å²) in [6.45, 7) is 3.40. The number of thioether (sulfide) groups is 1. The zero-order chi connectivity index (χ0) is 27.9. The van der Waals surface area contributed by atoms with Crippen LogP contribution in [0.5, 0.6) is 5.75 Å². The van der Waals surface area contributed by atoms with Gasteiger partial charge in [-0.2, -0.15) is 0 Å². The van der Waals surface area contributed by atoms with E-state index < -0.39 is 12.1 Å². The maximum absolute atomic E-state index is 13.1. The molecule has 0 spiro atoms. The average Bonchev–Trinajstić information content (AvgIpc) is 2.94. The number of nitrogens with one attached hydrogen (secondary N) is 1. The first kappa shape index (κ1) is 30.3. The number of benzene rings is 3. The Labute approximate surface area is 239 Å². The van der Waals surface area contributed by atoms with E-state index in [0.29, 0.717) is 42.8 Å². The van der Waals surface area contributed by atoms with Gasteiger partial charge >= 0.3 is 12.0 Å². The van der Waals surface area contributed by atoms with Gasteiger partial charge in [0.25, 0.3) is 0 Å². The molecule has 39 heavy (non-hydrogen) atoms. The molecule has 0 bridgehead atoms. The zero-order valence-electron chi connectivity index (χ0n) is 22.1. The maximum Gasteiger partial charge on any atom is 0.333 e. The quantitative estimate of drug-likeness (QED) is 0.144. The van der Waals surface area contributed by atoms with Crippen molar-refractivity contribution in [3.05, 3.63) is 89.4 Å². The molecule has 2 amide bonds. The maximum atomic E-state index is 13.1. The van der Waals surface area contributed by atoms with Gasteiger partial charge in [0.05, 0.1) is 17.3 Å². The summed E-state index contributed by atoms with van der Waals surface area (Å²) in [5.41, 5.74) is 1.41. The first-order valence-electron chi connectivity index (χ1n) is 13.0. The summed E-state index contributed by atoms with van der Waals surface area (Å²) in [7, 11) is 0. The third kappa shape index (κ3) is 10.8. The normalized spacial score (nSPS) is 11.5. The summed E-state index contributed by atoms with van der Waals surface area (Å²) in [6.07, 6.45) is 1.23. The molecule has 0 radical (unpaired) electrons. The van der Waals surface area contributed by atoms with E-state index in [1.54, 1.807) is 36.1 Å². The second kappa shape index (κ2) is 16.7. The molecule has 0 saturated carbocycles. The second-order valence-electron chi connectivity index (χ2n) is 8.74. The van der Waals surface area contributed by atoms with Crippen molar-refractivity contribution < 1.29 is 24.2 Å². The van der Waals surface area contributed by atoms with Crippen LogP contribution in [0.3, 0.4) is 0 Å². The highest BCUT2D eigenvalue weighted by molar-refractivity contribution is 7.99. The number of hydrogen-bond donors (Lipinski definition) is 2. The topological polar surface area (TPSA) is 88.1 Å². The molecule has 0 aromatic heterocycles. The molecule has 1 atom stereocenters. The van der Waals surface area contributed by atoms with Gasteiger partial charge < -0.3 is 24.8 Å². The van der Waals surface area contributed by atoms with E-state index in [-0.39, 0.29) is 12.5 Å². The number of carbonyl (C=O) groups is 2. The third-order valence-corrected chi connectivity index (χ3v) is 7.28. The van der Waals surface area contributed by atoms with Crippen molar-refractivity contribution >= 4 is 41.1 Å². The lowest BCUT2D eigenvalue weighted by Crippen LogP contribution is -2.38. The number of carboxylic acids is 1.